The molecule has 0 unspecified atom stereocenters. The van der Waals surface area contributed by atoms with Crippen molar-refractivity contribution >= 4 is 29.1 Å². The molecule has 1 aromatic heterocycles. The van der Waals surface area contributed by atoms with E-state index in [4.69, 9.17) is 14.2 Å². The van der Waals surface area contributed by atoms with Crippen molar-refractivity contribution in [1.29, 1.82) is 0 Å². The second-order valence-electron chi connectivity index (χ2n) is 8.40. The van der Waals surface area contributed by atoms with Crippen LogP contribution in [0.15, 0.2) is 63.5 Å². The van der Waals surface area contributed by atoms with Crippen molar-refractivity contribution < 1.29 is 19.0 Å². The van der Waals surface area contributed by atoms with Crippen molar-refractivity contribution in [3.05, 3.63) is 84.5 Å². The number of hydrogen-bond donors (Lipinski definition) is 0. The largest absolute Gasteiger partial charge is 0.463 e. The van der Waals surface area contributed by atoms with Crippen LogP contribution < -0.4 is 29.3 Å². The van der Waals surface area contributed by atoms with Crippen molar-refractivity contribution in [1.82, 2.24) is 4.57 Å². The van der Waals surface area contributed by atoms with E-state index in [1.54, 1.807) is 24.5 Å². The van der Waals surface area contributed by atoms with Crippen LogP contribution >= 0.6 is 11.3 Å². The summed E-state index contributed by atoms with van der Waals surface area (Å²) in [4.78, 5) is 33.9. The number of ether oxygens (including phenoxy) is 3. The third-order valence-electron chi connectivity index (χ3n) is 5.94. The van der Waals surface area contributed by atoms with Crippen LogP contribution in [0.2, 0.25) is 0 Å². The lowest BCUT2D eigenvalue weighted by Gasteiger charge is -2.24. The van der Waals surface area contributed by atoms with E-state index < -0.39 is 12.0 Å². The first-order valence-corrected chi connectivity index (χ1v) is 12.1. The van der Waals surface area contributed by atoms with Crippen LogP contribution in [0.25, 0.3) is 6.08 Å². The molecule has 180 valence electrons. The molecule has 0 fully saturated rings. The third-order valence-corrected chi connectivity index (χ3v) is 6.92. The number of hydrogen-bond acceptors (Lipinski definition) is 8. The lowest BCUT2D eigenvalue weighted by molar-refractivity contribution is -0.139. The van der Waals surface area contributed by atoms with Crippen LogP contribution in [0, 0.1) is 0 Å². The van der Waals surface area contributed by atoms with Crippen LogP contribution in [0.4, 0.5) is 5.69 Å². The smallest absolute Gasteiger partial charge is 0.338 e. The number of anilines is 1. The summed E-state index contributed by atoms with van der Waals surface area (Å²) in [7, 11) is 3.96. The van der Waals surface area contributed by atoms with Gasteiger partial charge in [0, 0.05) is 19.8 Å². The Labute approximate surface area is 206 Å². The molecule has 2 aliphatic heterocycles. The van der Waals surface area contributed by atoms with E-state index in [-0.39, 0.29) is 19.0 Å². The van der Waals surface area contributed by atoms with Gasteiger partial charge in [0.05, 0.1) is 28.5 Å². The van der Waals surface area contributed by atoms with Crippen LogP contribution in [0.1, 0.15) is 31.0 Å². The molecule has 8 nitrogen and oxygen atoms in total. The van der Waals surface area contributed by atoms with Gasteiger partial charge in [-0.1, -0.05) is 29.5 Å². The second-order valence-corrected chi connectivity index (χ2v) is 9.41. The minimum Gasteiger partial charge on any atom is -0.463 e. The summed E-state index contributed by atoms with van der Waals surface area (Å²) < 4.78 is 18.5. The molecule has 5 rings (SSSR count). The fourth-order valence-corrected chi connectivity index (χ4v) is 5.26. The molecule has 0 N–H and O–H groups in total. The standard InChI is InChI=1S/C26H25N3O5S/c1-5-32-25(31)22-15(2)27-26-29(23(22)17-8-11-19-20(13-17)34-14-33-19)24(30)21(35-26)12-16-6-9-18(10-7-16)28(3)4/h6-13,23H,5,14H2,1-4H3/b21-12+/t23-/m1/s1. The Balaban J connectivity index is 1.68. The van der Waals surface area contributed by atoms with E-state index >= 15 is 0 Å². The molecule has 0 saturated heterocycles. The van der Waals surface area contributed by atoms with E-state index in [1.165, 1.54) is 11.3 Å². The molecule has 0 bridgehead atoms. The molecule has 0 spiro atoms. The van der Waals surface area contributed by atoms with Crippen molar-refractivity contribution in [2.24, 2.45) is 4.99 Å². The van der Waals surface area contributed by atoms with Crippen molar-refractivity contribution in [2.75, 3.05) is 32.4 Å². The van der Waals surface area contributed by atoms with Gasteiger partial charge in [0.15, 0.2) is 16.3 Å². The Morgan fingerprint density at radius 2 is 1.94 bits per heavy atom. The number of rotatable bonds is 5. The van der Waals surface area contributed by atoms with Gasteiger partial charge < -0.3 is 19.1 Å². The Kier molecular flexibility index (Phi) is 5.94. The summed E-state index contributed by atoms with van der Waals surface area (Å²) in [5.74, 6) is 0.703. The highest BCUT2D eigenvalue weighted by molar-refractivity contribution is 7.07. The van der Waals surface area contributed by atoms with E-state index in [0.29, 0.717) is 32.1 Å². The highest BCUT2D eigenvalue weighted by atomic mass is 32.1. The van der Waals surface area contributed by atoms with E-state index in [9.17, 15) is 9.59 Å². The predicted molar refractivity (Wildman–Crippen MR) is 134 cm³/mol. The summed E-state index contributed by atoms with van der Waals surface area (Å²) in [6, 6.07) is 12.7. The molecule has 2 aliphatic rings. The maximum atomic E-state index is 13.7. The van der Waals surface area contributed by atoms with Crippen LogP contribution in [-0.4, -0.2) is 38.0 Å². The van der Waals surface area contributed by atoms with Crippen LogP contribution in [0.3, 0.4) is 0 Å². The second kappa shape index (κ2) is 9.07. The molecular weight excluding hydrogens is 466 g/mol. The Hall–Kier alpha value is -3.85. The van der Waals surface area contributed by atoms with Gasteiger partial charge in [0.25, 0.3) is 5.56 Å². The molecule has 9 heteroatoms. The highest BCUT2D eigenvalue weighted by Gasteiger charge is 2.34. The number of nitrogens with zero attached hydrogens (tertiary/aromatic N) is 3. The van der Waals surface area contributed by atoms with Crippen LogP contribution in [-0.2, 0) is 9.53 Å². The van der Waals surface area contributed by atoms with E-state index in [2.05, 4.69) is 4.99 Å². The third kappa shape index (κ3) is 4.12. The van der Waals surface area contributed by atoms with Gasteiger partial charge in [-0.15, -0.1) is 0 Å². The molecule has 0 radical (unpaired) electrons. The number of carbonyl (C=O) groups is 1. The number of esters is 1. The molecule has 35 heavy (non-hydrogen) atoms. The molecule has 3 aromatic rings. The Bertz CT molecular complexity index is 1520. The van der Waals surface area contributed by atoms with Crippen molar-refractivity contribution in [3.8, 4) is 11.5 Å². The van der Waals surface area contributed by atoms with Crippen molar-refractivity contribution in [2.45, 2.75) is 19.9 Å². The normalized spacial score (nSPS) is 16.7. The number of allylic oxidation sites excluding steroid dienone is 1. The molecule has 1 atom stereocenters. The molecule has 3 heterocycles. The average Bonchev–Trinajstić information content (AvgIpc) is 3.42. The number of fused-ring (bicyclic) bond motifs is 2. The summed E-state index contributed by atoms with van der Waals surface area (Å²) in [5.41, 5.74) is 3.33. The monoisotopic (exact) mass is 491 g/mol. The molecule has 0 saturated carbocycles. The first-order chi connectivity index (χ1) is 16.9. The van der Waals surface area contributed by atoms with Gasteiger partial charge in [0.1, 0.15) is 0 Å². The number of carbonyl (C=O) groups excluding carboxylic acids is 1. The van der Waals surface area contributed by atoms with E-state index in [0.717, 1.165) is 16.8 Å². The summed E-state index contributed by atoms with van der Waals surface area (Å²) in [6.45, 7) is 3.87. The van der Waals surface area contributed by atoms with Crippen LogP contribution in [0.5, 0.6) is 11.5 Å². The SMILES string of the molecule is CCOC(=O)C1=C(C)N=c2s/c(=C/c3ccc(N(C)C)cc3)c(=O)n2[C@@H]1c1ccc2c(c1)OCO2. The fourth-order valence-electron chi connectivity index (χ4n) is 4.21. The summed E-state index contributed by atoms with van der Waals surface area (Å²) >= 11 is 1.30. The predicted octanol–water partition coefficient (Wildman–Crippen LogP) is 2.59. The zero-order chi connectivity index (χ0) is 24.7. The van der Waals surface area contributed by atoms with Gasteiger partial charge in [-0.2, -0.15) is 0 Å². The number of benzene rings is 2. The molecule has 0 amide bonds. The Morgan fingerprint density at radius 3 is 2.66 bits per heavy atom. The molecule has 0 aliphatic carbocycles. The maximum absolute atomic E-state index is 13.7. The van der Waals surface area contributed by atoms with Gasteiger partial charge in [-0.25, -0.2) is 9.79 Å². The fraction of sp³-hybridized carbons (Fsp3) is 0.269. The van der Waals surface area contributed by atoms with E-state index in [1.807, 2.05) is 61.5 Å². The van der Waals surface area contributed by atoms with Gasteiger partial charge in [0.2, 0.25) is 6.79 Å². The van der Waals surface area contributed by atoms with Crippen molar-refractivity contribution in [3.63, 3.8) is 0 Å². The minimum absolute atomic E-state index is 0.133. The number of thiazole rings is 1. The minimum atomic E-state index is -0.696. The first kappa shape index (κ1) is 22.9. The number of aromatic nitrogens is 1. The quantitative estimate of drug-likeness (QED) is 0.511. The summed E-state index contributed by atoms with van der Waals surface area (Å²) in [5, 5.41) is 0. The highest BCUT2D eigenvalue weighted by Crippen LogP contribution is 2.38. The summed E-state index contributed by atoms with van der Waals surface area (Å²) in [6.07, 6.45) is 1.85. The lowest BCUT2D eigenvalue weighted by Crippen LogP contribution is -2.39. The topological polar surface area (TPSA) is 82.4 Å². The van der Waals surface area contributed by atoms with Gasteiger partial charge in [-0.3, -0.25) is 9.36 Å². The Morgan fingerprint density at radius 1 is 1.20 bits per heavy atom. The lowest BCUT2D eigenvalue weighted by atomic mass is 9.95. The average molecular weight is 492 g/mol. The molecule has 2 aromatic carbocycles. The zero-order valence-corrected chi connectivity index (χ0v) is 20.7. The first-order valence-electron chi connectivity index (χ1n) is 11.2. The van der Waals surface area contributed by atoms with Gasteiger partial charge in [-0.05, 0) is 55.3 Å². The van der Waals surface area contributed by atoms with Gasteiger partial charge >= 0.3 is 5.97 Å². The zero-order valence-electron chi connectivity index (χ0n) is 19.9. The maximum Gasteiger partial charge on any atom is 0.338 e. The molecular formula is C26H25N3O5S.